The van der Waals surface area contributed by atoms with E-state index >= 15 is 0 Å². The van der Waals surface area contributed by atoms with Crippen LogP contribution in [0.1, 0.15) is 17.5 Å². The molecule has 2 aromatic carbocycles. The molecule has 0 unspecified atom stereocenters. The number of hydrogen-bond donors (Lipinski definition) is 1. The Balaban J connectivity index is 2.34. The molecule has 2 N–H and O–H groups in total. The van der Waals surface area contributed by atoms with Gasteiger partial charge in [-0.3, -0.25) is 4.79 Å². The normalized spacial score (nSPS) is 10.0. The molecule has 0 bridgehead atoms. The molecule has 2 rings (SSSR count). The summed E-state index contributed by atoms with van der Waals surface area (Å²) in [4.78, 5) is 12.9. The lowest BCUT2D eigenvalue weighted by atomic mass is 10.1. The Bertz CT molecular complexity index is 695. The fourth-order valence-corrected chi connectivity index (χ4v) is 2.22. The molecule has 0 atom stereocenters. The van der Waals surface area contributed by atoms with Crippen LogP contribution in [-0.4, -0.2) is 12.5 Å². The van der Waals surface area contributed by atoms with Crippen molar-refractivity contribution in [2.24, 2.45) is 5.73 Å². The summed E-state index contributed by atoms with van der Waals surface area (Å²) in [6.45, 7) is 0.786. The molecule has 0 heterocycles. The maximum Gasteiger partial charge on any atom is 0.219 e. The van der Waals surface area contributed by atoms with Crippen molar-refractivity contribution in [3.63, 3.8) is 0 Å². The van der Waals surface area contributed by atoms with Crippen molar-refractivity contribution in [1.82, 2.24) is 0 Å². The van der Waals surface area contributed by atoms with Crippen LogP contribution in [0.15, 0.2) is 48.5 Å². The second-order valence-electron chi connectivity index (χ2n) is 4.87. The molecule has 0 fully saturated rings. The minimum atomic E-state index is -0.572. The number of halogens is 1. The van der Waals surface area contributed by atoms with E-state index in [0.29, 0.717) is 18.8 Å². The van der Waals surface area contributed by atoms with Gasteiger partial charge in [-0.15, -0.1) is 0 Å². The Kier molecular flexibility index (Phi) is 5.10. The average Bonchev–Trinajstić information content (AvgIpc) is 2.52. The molecule has 4 nitrogen and oxygen atoms in total. The number of carbonyl (C=O) groups is 1. The number of anilines is 1. The number of primary amides is 1. The summed E-state index contributed by atoms with van der Waals surface area (Å²) in [6, 6.07) is 15.9. The SMILES string of the molecule is N#Cc1c(F)cccc1N(CCC(N)=O)Cc1ccccc1. The summed E-state index contributed by atoms with van der Waals surface area (Å²) in [5.41, 5.74) is 6.65. The first kappa shape index (κ1) is 15.5. The van der Waals surface area contributed by atoms with Crippen LogP contribution in [-0.2, 0) is 11.3 Å². The molecule has 0 radical (unpaired) electrons. The van der Waals surface area contributed by atoms with Crippen LogP contribution in [0.2, 0.25) is 0 Å². The average molecular weight is 297 g/mol. The molecular formula is C17H16FN3O. The zero-order chi connectivity index (χ0) is 15.9. The van der Waals surface area contributed by atoms with Gasteiger partial charge in [0, 0.05) is 19.5 Å². The predicted octanol–water partition coefficient (Wildman–Crippen LogP) is 2.58. The van der Waals surface area contributed by atoms with Gasteiger partial charge in [-0.25, -0.2) is 4.39 Å². The van der Waals surface area contributed by atoms with Crippen molar-refractivity contribution < 1.29 is 9.18 Å². The molecule has 2 aromatic rings. The van der Waals surface area contributed by atoms with E-state index in [1.54, 1.807) is 17.0 Å². The van der Waals surface area contributed by atoms with E-state index in [4.69, 9.17) is 5.73 Å². The quantitative estimate of drug-likeness (QED) is 0.891. The number of hydrogen-bond acceptors (Lipinski definition) is 3. The second-order valence-corrected chi connectivity index (χ2v) is 4.87. The number of rotatable bonds is 6. The van der Waals surface area contributed by atoms with E-state index < -0.39 is 11.7 Å². The van der Waals surface area contributed by atoms with Gasteiger partial charge in [-0.1, -0.05) is 36.4 Å². The molecule has 0 aliphatic heterocycles. The van der Waals surface area contributed by atoms with Gasteiger partial charge in [0.05, 0.1) is 5.69 Å². The fourth-order valence-electron chi connectivity index (χ4n) is 2.22. The lowest BCUT2D eigenvalue weighted by Crippen LogP contribution is -2.28. The third-order valence-electron chi connectivity index (χ3n) is 3.29. The number of benzene rings is 2. The zero-order valence-corrected chi connectivity index (χ0v) is 12.0. The van der Waals surface area contributed by atoms with Crippen LogP contribution >= 0.6 is 0 Å². The number of amides is 1. The fraction of sp³-hybridized carbons (Fsp3) is 0.176. The standard InChI is InChI=1S/C17H16FN3O/c18-15-7-4-8-16(14(15)11-19)21(10-9-17(20)22)12-13-5-2-1-3-6-13/h1-8H,9-10,12H2,(H2,20,22). The lowest BCUT2D eigenvalue weighted by Gasteiger charge is -2.25. The largest absolute Gasteiger partial charge is 0.370 e. The Morgan fingerprint density at radius 1 is 1.18 bits per heavy atom. The maximum absolute atomic E-state index is 13.8. The van der Waals surface area contributed by atoms with Crippen molar-refractivity contribution in [2.45, 2.75) is 13.0 Å². The highest BCUT2D eigenvalue weighted by atomic mass is 19.1. The highest BCUT2D eigenvalue weighted by Crippen LogP contribution is 2.24. The van der Waals surface area contributed by atoms with E-state index in [2.05, 4.69) is 0 Å². The van der Waals surface area contributed by atoms with Crippen molar-refractivity contribution in [1.29, 1.82) is 5.26 Å². The van der Waals surface area contributed by atoms with Crippen molar-refractivity contribution in [3.8, 4) is 6.07 Å². The monoisotopic (exact) mass is 297 g/mol. The van der Waals surface area contributed by atoms with Crippen LogP contribution in [0.5, 0.6) is 0 Å². The lowest BCUT2D eigenvalue weighted by molar-refractivity contribution is -0.117. The Morgan fingerprint density at radius 2 is 1.91 bits per heavy atom. The first-order valence-electron chi connectivity index (χ1n) is 6.87. The molecular weight excluding hydrogens is 281 g/mol. The van der Waals surface area contributed by atoms with Gasteiger partial charge in [0.25, 0.3) is 0 Å². The van der Waals surface area contributed by atoms with Crippen molar-refractivity contribution in [3.05, 3.63) is 65.5 Å². The molecule has 112 valence electrons. The molecule has 0 aliphatic carbocycles. The first-order valence-corrected chi connectivity index (χ1v) is 6.87. The van der Waals surface area contributed by atoms with Crippen LogP contribution < -0.4 is 10.6 Å². The Hall–Kier alpha value is -2.87. The van der Waals surface area contributed by atoms with Gasteiger partial charge >= 0.3 is 0 Å². The topological polar surface area (TPSA) is 70.1 Å². The van der Waals surface area contributed by atoms with E-state index in [-0.39, 0.29) is 12.0 Å². The number of nitriles is 1. The van der Waals surface area contributed by atoms with Gasteiger partial charge in [0.1, 0.15) is 17.4 Å². The Labute approximate surface area is 128 Å². The van der Waals surface area contributed by atoms with Crippen molar-refractivity contribution in [2.75, 3.05) is 11.4 Å². The van der Waals surface area contributed by atoms with Crippen molar-refractivity contribution >= 4 is 11.6 Å². The van der Waals surface area contributed by atoms with E-state index in [9.17, 15) is 14.4 Å². The number of carbonyl (C=O) groups excluding carboxylic acids is 1. The summed E-state index contributed by atoms with van der Waals surface area (Å²) >= 11 is 0. The van der Waals surface area contributed by atoms with Crippen LogP contribution in [0.3, 0.4) is 0 Å². The molecule has 0 saturated carbocycles. The molecule has 1 amide bonds. The van der Waals surface area contributed by atoms with Crippen LogP contribution in [0, 0.1) is 17.1 Å². The number of nitrogens with zero attached hydrogens (tertiary/aromatic N) is 2. The molecule has 0 saturated heterocycles. The second kappa shape index (κ2) is 7.23. The summed E-state index contributed by atoms with van der Waals surface area (Å²) in [5, 5.41) is 9.18. The highest BCUT2D eigenvalue weighted by molar-refractivity contribution is 5.74. The Morgan fingerprint density at radius 3 is 2.55 bits per heavy atom. The van der Waals surface area contributed by atoms with E-state index in [1.807, 2.05) is 36.4 Å². The highest BCUT2D eigenvalue weighted by Gasteiger charge is 2.15. The maximum atomic E-state index is 13.8. The molecule has 0 aliphatic rings. The summed E-state index contributed by atoms with van der Waals surface area (Å²) in [5.74, 6) is -1.01. The molecule has 0 spiro atoms. The van der Waals surface area contributed by atoms with Gasteiger partial charge in [-0.2, -0.15) is 5.26 Å². The molecule has 0 aromatic heterocycles. The van der Waals surface area contributed by atoms with E-state index in [0.717, 1.165) is 5.56 Å². The predicted molar refractivity (Wildman–Crippen MR) is 82.4 cm³/mol. The van der Waals surface area contributed by atoms with Gasteiger partial charge in [0.2, 0.25) is 5.91 Å². The zero-order valence-electron chi connectivity index (χ0n) is 12.0. The van der Waals surface area contributed by atoms with Gasteiger partial charge < -0.3 is 10.6 Å². The summed E-state index contributed by atoms with van der Waals surface area (Å²) in [6.07, 6.45) is 0.133. The number of nitrogens with two attached hydrogens (primary N) is 1. The third-order valence-corrected chi connectivity index (χ3v) is 3.29. The van der Waals surface area contributed by atoms with E-state index in [1.165, 1.54) is 6.07 Å². The van der Waals surface area contributed by atoms with Crippen LogP contribution in [0.25, 0.3) is 0 Å². The van der Waals surface area contributed by atoms with Gasteiger partial charge in [-0.05, 0) is 17.7 Å². The van der Waals surface area contributed by atoms with Crippen LogP contribution in [0.4, 0.5) is 10.1 Å². The minimum absolute atomic E-state index is 0.0251. The minimum Gasteiger partial charge on any atom is -0.370 e. The summed E-state index contributed by atoms with van der Waals surface area (Å²) in [7, 11) is 0. The first-order chi connectivity index (χ1) is 10.6. The smallest absolute Gasteiger partial charge is 0.219 e. The summed E-state index contributed by atoms with van der Waals surface area (Å²) < 4.78 is 13.8. The third kappa shape index (κ3) is 3.83. The molecule has 5 heteroatoms. The molecule has 22 heavy (non-hydrogen) atoms. The van der Waals surface area contributed by atoms with Gasteiger partial charge in [0.15, 0.2) is 0 Å².